The predicted octanol–water partition coefficient (Wildman–Crippen LogP) is 1.26. The number of sulfonamides is 1. The first-order chi connectivity index (χ1) is 8.78. The average Bonchev–Trinajstić information content (AvgIpc) is 2.69. The second kappa shape index (κ2) is 5.05. The lowest BCUT2D eigenvalue weighted by molar-refractivity contribution is -0.0640. The number of halogens is 1. The summed E-state index contributed by atoms with van der Waals surface area (Å²) in [5, 5.41) is 6.61. The van der Waals surface area contributed by atoms with Crippen molar-refractivity contribution < 1.29 is 13.2 Å². The molecule has 6 nitrogen and oxygen atoms in total. The number of alkyl halides is 1. The van der Waals surface area contributed by atoms with Gasteiger partial charge < -0.3 is 4.74 Å². The van der Waals surface area contributed by atoms with E-state index in [4.69, 9.17) is 16.3 Å². The summed E-state index contributed by atoms with van der Waals surface area (Å²) in [4.78, 5) is 0. The molecule has 1 aliphatic heterocycles. The Morgan fingerprint density at radius 1 is 1.53 bits per heavy atom. The lowest BCUT2D eigenvalue weighted by Gasteiger charge is -2.36. The van der Waals surface area contributed by atoms with Crippen LogP contribution in [0.2, 0.25) is 0 Å². The fourth-order valence-corrected chi connectivity index (χ4v) is 4.25. The molecule has 2 rings (SSSR count). The average molecular weight is 308 g/mol. The highest BCUT2D eigenvalue weighted by molar-refractivity contribution is 7.89. The van der Waals surface area contributed by atoms with Gasteiger partial charge in [0.1, 0.15) is 0 Å². The van der Waals surface area contributed by atoms with Gasteiger partial charge in [-0.1, -0.05) is 0 Å². The molecule has 1 aromatic rings. The van der Waals surface area contributed by atoms with Crippen molar-refractivity contribution in [1.29, 1.82) is 0 Å². The third kappa shape index (κ3) is 2.79. The molecule has 0 aromatic carbocycles. The van der Waals surface area contributed by atoms with Crippen LogP contribution in [-0.2, 0) is 20.6 Å². The van der Waals surface area contributed by atoms with Crippen LogP contribution in [0.4, 0.5) is 0 Å². The minimum absolute atomic E-state index is 0.0256. The van der Waals surface area contributed by atoms with Crippen molar-refractivity contribution in [3.8, 4) is 0 Å². The van der Waals surface area contributed by atoms with E-state index in [0.29, 0.717) is 31.0 Å². The first kappa shape index (κ1) is 14.8. The van der Waals surface area contributed by atoms with Crippen LogP contribution in [0.1, 0.15) is 25.1 Å². The number of nitrogens with one attached hydrogen (secondary N) is 1. The maximum absolute atomic E-state index is 12.6. The summed E-state index contributed by atoms with van der Waals surface area (Å²) in [6.07, 6.45) is 0. The largest absolute Gasteiger partial charge is 0.373 e. The van der Waals surface area contributed by atoms with Gasteiger partial charge in [0.15, 0.2) is 5.03 Å². The zero-order chi connectivity index (χ0) is 14.3. The summed E-state index contributed by atoms with van der Waals surface area (Å²) < 4.78 is 32.1. The molecule has 1 aliphatic rings. The Kier molecular flexibility index (Phi) is 3.92. The quantitative estimate of drug-likeness (QED) is 0.853. The van der Waals surface area contributed by atoms with Crippen molar-refractivity contribution in [3.63, 3.8) is 0 Å². The molecule has 1 aromatic heterocycles. The molecule has 1 saturated heterocycles. The van der Waals surface area contributed by atoms with Crippen LogP contribution >= 0.6 is 11.6 Å². The topological polar surface area (TPSA) is 75.3 Å². The van der Waals surface area contributed by atoms with Gasteiger partial charge in [0.05, 0.1) is 18.1 Å². The molecule has 108 valence electrons. The second-order valence-corrected chi connectivity index (χ2v) is 7.33. The predicted molar refractivity (Wildman–Crippen MR) is 71.7 cm³/mol. The Morgan fingerprint density at radius 2 is 2.21 bits per heavy atom. The van der Waals surface area contributed by atoms with Crippen LogP contribution in [0.5, 0.6) is 0 Å². The number of morpholine rings is 1. The van der Waals surface area contributed by atoms with E-state index in [1.807, 2.05) is 13.8 Å². The van der Waals surface area contributed by atoms with Crippen LogP contribution in [0.25, 0.3) is 0 Å². The molecule has 0 saturated carbocycles. The molecule has 8 heteroatoms. The highest BCUT2D eigenvalue weighted by Crippen LogP contribution is 2.26. The van der Waals surface area contributed by atoms with E-state index < -0.39 is 15.6 Å². The van der Waals surface area contributed by atoms with Crippen molar-refractivity contribution in [2.24, 2.45) is 0 Å². The minimum atomic E-state index is -3.63. The fourth-order valence-electron chi connectivity index (χ4n) is 2.10. The van der Waals surface area contributed by atoms with Crippen LogP contribution < -0.4 is 0 Å². The van der Waals surface area contributed by atoms with Crippen LogP contribution in [0.15, 0.2) is 5.03 Å². The van der Waals surface area contributed by atoms with E-state index in [1.165, 1.54) is 4.31 Å². The molecule has 2 heterocycles. The van der Waals surface area contributed by atoms with Gasteiger partial charge in [-0.3, -0.25) is 5.10 Å². The van der Waals surface area contributed by atoms with Crippen LogP contribution in [0.3, 0.4) is 0 Å². The Hall–Kier alpha value is -0.630. The van der Waals surface area contributed by atoms with E-state index in [1.54, 1.807) is 6.92 Å². The van der Waals surface area contributed by atoms with E-state index >= 15 is 0 Å². The Balaban J connectivity index is 2.37. The van der Waals surface area contributed by atoms with E-state index in [9.17, 15) is 8.42 Å². The number of hydrogen-bond acceptors (Lipinski definition) is 4. The standard InChI is InChI=1S/C11H18ClN3O3S/c1-8-9(6-12)10(14-13-8)19(16,17)15-4-5-18-11(2,3)7-15/h4-7H2,1-3H3,(H,13,14). The van der Waals surface area contributed by atoms with Gasteiger partial charge >= 0.3 is 0 Å². The molecule has 0 spiro atoms. The third-order valence-electron chi connectivity index (χ3n) is 3.14. The summed E-state index contributed by atoms with van der Waals surface area (Å²) in [6.45, 7) is 6.51. The lowest BCUT2D eigenvalue weighted by Crippen LogP contribution is -2.50. The molecule has 0 amide bonds. The molecule has 1 fully saturated rings. The zero-order valence-corrected chi connectivity index (χ0v) is 12.8. The first-order valence-corrected chi connectivity index (χ1v) is 7.99. The molecule has 19 heavy (non-hydrogen) atoms. The molecular formula is C11H18ClN3O3S. The fraction of sp³-hybridized carbons (Fsp3) is 0.727. The smallest absolute Gasteiger partial charge is 0.262 e. The van der Waals surface area contributed by atoms with E-state index in [0.717, 1.165) is 0 Å². The van der Waals surface area contributed by atoms with Gasteiger partial charge in [-0.05, 0) is 20.8 Å². The van der Waals surface area contributed by atoms with Gasteiger partial charge in [-0.15, -0.1) is 11.6 Å². The number of H-pyrrole nitrogens is 1. The van der Waals surface area contributed by atoms with Crippen molar-refractivity contribution in [3.05, 3.63) is 11.3 Å². The normalized spacial score (nSPS) is 20.6. The summed E-state index contributed by atoms with van der Waals surface area (Å²) >= 11 is 5.81. The Labute approximate surface area is 118 Å². The molecule has 0 aliphatic carbocycles. The highest BCUT2D eigenvalue weighted by atomic mass is 35.5. The van der Waals surface area contributed by atoms with Gasteiger partial charge in [0, 0.05) is 24.3 Å². The summed E-state index contributed by atoms with van der Waals surface area (Å²) in [5.41, 5.74) is 0.727. The Morgan fingerprint density at radius 3 is 2.79 bits per heavy atom. The van der Waals surface area contributed by atoms with E-state index in [-0.39, 0.29) is 10.9 Å². The molecule has 0 atom stereocenters. The van der Waals surface area contributed by atoms with Crippen molar-refractivity contribution >= 4 is 21.6 Å². The Bertz CT molecular complexity index is 568. The number of aromatic nitrogens is 2. The number of aryl methyl sites for hydroxylation is 1. The minimum Gasteiger partial charge on any atom is -0.373 e. The van der Waals surface area contributed by atoms with Crippen LogP contribution in [-0.4, -0.2) is 48.2 Å². The first-order valence-electron chi connectivity index (χ1n) is 6.02. The summed E-state index contributed by atoms with van der Waals surface area (Å²) in [7, 11) is -3.63. The van der Waals surface area contributed by atoms with Gasteiger partial charge in [0.2, 0.25) is 0 Å². The molecule has 0 radical (unpaired) electrons. The van der Waals surface area contributed by atoms with Gasteiger partial charge in [-0.2, -0.15) is 9.40 Å². The van der Waals surface area contributed by atoms with Gasteiger partial charge in [-0.25, -0.2) is 8.42 Å². The van der Waals surface area contributed by atoms with E-state index in [2.05, 4.69) is 10.2 Å². The molecular weight excluding hydrogens is 290 g/mol. The SMILES string of the molecule is Cc1[nH]nc(S(=O)(=O)N2CCOC(C)(C)C2)c1CCl. The monoisotopic (exact) mass is 307 g/mol. The lowest BCUT2D eigenvalue weighted by atomic mass is 10.1. The number of ether oxygens (including phenoxy) is 1. The summed E-state index contributed by atoms with van der Waals surface area (Å²) in [5.74, 6) is 0.116. The van der Waals surface area contributed by atoms with Crippen molar-refractivity contribution in [1.82, 2.24) is 14.5 Å². The zero-order valence-electron chi connectivity index (χ0n) is 11.2. The number of nitrogens with zero attached hydrogens (tertiary/aromatic N) is 2. The van der Waals surface area contributed by atoms with Gasteiger partial charge in [0.25, 0.3) is 10.0 Å². The van der Waals surface area contributed by atoms with Crippen molar-refractivity contribution in [2.75, 3.05) is 19.7 Å². The highest BCUT2D eigenvalue weighted by Gasteiger charge is 2.37. The van der Waals surface area contributed by atoms with Crippen LogP contribution in [0, 0.1) is 6.92 Å². The maximum Gasteiger partial charge on any atom is 0.262 e. The molecule has 1 N–H and O–H groups in total. The number of aromatic amines is 1. The second-order valence-electron chi connectivity index (χ2n) is 5.21. The third-order valence-corrected chi connectivity index (χ3v) is 5.23. The molecule has 0 bridgehead atoms. The van der Waals surface area contributed by atoms with Crippen molar-refractivity contribution in [2.45, 2.75) is 37.3 Å². The number of rotatable bonds is 3. The molecule has 0 unspecified atom stereocenters. The number of hydrogen-bond donors (Lipinski definition) is 1. The summed E-state index contributed by atoms with van der Waals surface area (Å²) in [6, 6.07) is 0. The maximum atomic E-state index is 12.6.